The third-order valence-corrected chi connectivity index (χ3v) is 11.2. The molecule has 2 heterocycles. The van der Waals surface area contributed by atoms with Gasteiger partial charge in [0, 0.05) is 36.3 Å². The summed E-state index contributed by atoms with van der Waals surface area (Å²) in [5.41, 5.74) is 8.78. The summed E-state index contributed by atoms with van der Waals surface area (Å²) < 4.78 is 57.5. The van der Waals surface area contributed by atoms with Gasteiger partial charge in [-0.05, 0) is 73.5 Å². The van der Waals surface area contributed by atoms with E-state index >= 15 is 0 Å². The number of nitrogens with zero attached hydrogens (tertiary/aromatic N) is 3. The van der Waals surface area contributed by atoms with Crippen LogP contribution in [0.25, 0.3) is 21.8 Å². The molecule has 0 aliphatic carbocycles. The van der Waals surface area contributed by atoms with Crippen molar-refractivity contribution in [3.8, 4) is 0 Å². The quantitative estimate of drug-likeness (QED) is 0.172. The van der Waals surface area contributed by atoms with Gasteiger partial charge < -0.3 is 5.73 Å². The zero-order valence-electron chi connectivity index (χ0n) is 24.2. The minimum absolute atomic E-state index is 0.222. The van der Waals surface area contributed by atoms with Gasteiger partial charge in [0.15, 0.2) is 0 Å². The normalized spacial score (nSPS) is 12.4. The van der Waals surface area contributed by atoms with Crippen LogP contribution in [0.1, 0.15) is 24.0 Å². The number of hydrogen-bond acceptors (Lipinski definition) is 6. The molecule has 0 saturated heterocycles. The van der Waals surface area contributed by atoms with Gasteiger partial charge in [-0.1, -0.05) is 72.8 Å². The minimum Gasteiger partial charge on any atom is -0.330 e. The molecule has 226 valence electrons. The summed E-state index contributed by atoms with van der Waals surface area (Å²) in [6, 6.07) is 31.9. The van der Waals surface area contributed by atoms with Crippen molar-refractivity contribution in [1.29, 1.82) is 0 Å². The summed E-state index contributed by atoms with van der Waals surface area (Å²) in [4.78, 5) is 2.68. The molecule has 0 radical (unpaired) electrons. The summed E-state index contributed by atoms with van der Waals surface area (Å²) in [6.07, 6.45) is 5.11. The van der Waals surface area contributed by atoms with E-state index in [9.17, 15) is 16.8 Å². The fraction of sp³-hybridized carbons (Fsp3) is 0.176. The predicted octanol–water partition coefficient (Wildman–Crippen LogP) is 5.81. The summed E-state index contributed by atoms with van der Waals surface area (Å²) in [7, 11) is -7.63. The van der Waals surface area contributed by atoms with Gasteiger partial charge in [-0.3, -0.25) is 4.90 Å². The molecule has 0 unspecified atom stereocenters. The molecular weight excluding hydrogens is 593 g/mol. The molecule has 0 aliphatic rings. The molecule has 10 heteroatoms. The van der Waals surface area contributed by atoms with Gasteiger partial charge in [0.05, 0.1) is 20.8 Å². The number of hydrogen-bond donors (Lipinski definition) is 1. The lowest BCUT2D eigenvalue weighted by molar-refractivity contribution is 0.253. The van der Waals surface area contributed by atoms with E-state index in [1.807, 2.05) is 48.5 Å². The summed E-state index contributed by atoms with van der Waals surface area (Å²) in [5.74, 6) is 0. The zero-order valence-corrected chi connectivity index (χ0v) is 25.8. The molecule has 6 aromatic rings. The number of para-hydroxylation sites is 2. The van der Waals surface area contributed by atoms with E-state index in [0.29, 0.717) is 37.2 Å². The molecule has 0 atom stereocenters. The van der Waals surface area contributed by atoms with E-state index in [1.54, 1.807) is 73.1 Å². The largest absolute Gasteiger partial charge is 0.330 e. The summed E-state index contributed by atoms with van der Waals surface area (Å²) in [5, 5.41) is 1.70. The first-order valence-corrected chi connectivity index (χ1v) is 17.4. The number of unbranched alkanes of at least 4 members (excludes halogenated alkanes) is 1. The topological polar surface area (TPSA) is 107 Å². The fourth-order valence-corrected chi connectivity index (χ4v) is 8.50. The van der Waals surface area contributed by atoms with Crippen LogP contribution < -0.4 is 5.73 Å². The van der Waals surface area contributed by atoms with Crippen molar-refractivity contribution < 1.29 is 16.8 Å². The second-order valence-electron chi connectivity index (χ2n) is 10.8. The van der Waals surface area contributed by atoms with Gasteiger partial charge >= 0.3 is 0 Å². The summed E-state index contributed by atoms with van der Waals surface area (Å²) in [6.45, 7) is 2.20. The molecule has 0 spiro atoms. The first kappa shape index (κ1) is 29.8. The highest BCUT2D eigenvalue weighted by Crippen LogP contribution is 2.30. The monoisotopic (exact) mass is 626 g/mol. The Bertz CT molecular complexity index is 1970. The fourth-order valence-electron chi connectivity index (χ4n) is 5.67. The highest BCUT2D eigenvalue weighted by Gasteiger charge is 2.24. The van der Waals surface area contributed by atoms with E-state index in [0.717, 1.165) is 34.7 Å². The molecule has 44 heavy (non-hydrogen) atoms. The van der Waals surface area contributed by atoms with Crippen LogP contribution in [0, 0.1) is 0 Å². The van der Waals surface area contributed by atoms with E-state index < -0.39 is 20.0 Å². The Hall–Kier alpha value is -4.22. The highest BCUT2D eigenvalue weighted by atomic mass is 32.2. The van der Waals surface area contributed by atoms with Crippen molar-refractivity contribution in [2.45, 2.75) is 35.7 Å². The van der Waals surface area contributed by atoms with Gasteiger partial charge in [0.2, 0.25) is 0 Å². The predicted molar refractivity (Wildman–Crippen MR) is 174 cm³/mol. The van der Waals surface area contributed by atoms with Crippen LogP contribution in [0.2, 0.25) is 0 Å². The first-order valence-electron chi connectivity index (χ1n) is 14.5. The van der Waals surface area contributed by atoms with Crippen LogP contribution in [0.4, 0.5) is 0 Å². The number of benzene rings is 4. The Balaban J connectivity index is 1.40. The second kappa shape index (κ2) is 12.4. The van der Waals surface area contributed by atoms with Crippen LogP contribution in [0.3, 0.4) is 0 Å². The van der Waals surface area contributed by atoms with Crippen LogP contribution in [-0.4, -0.2) is 42.8 Å². The molecule has 0 bridgehead atoms. The van der Waals surface area contributed by atoms with Crippen molar-refractivity contribution in [1.82, 2.24) is 12.8 Å². The molecule has 0 fully saturated rings. The average Bonchev–Trinajstić information content (AvgIpc) is 3.61. The maximum Gasteiger partial charge on any atom is 0.268 e. The molecule has 6 rings (SSSR count). The van der Waals surface area contributed by atoms with E-state index in [4.69, 9.17) is 5.73 Å². The van der Waals surface area contributed by atoms with Crippen molar-refractivity contribution in [2.24, 2.45) is 5.73 Å². The Kier molecular flexibility index (Phi) is 8.42. The Labute approximate surface area is 258 Å². The van der Waals surface area contributed by atoms with Gasteiger partial charge in [0.1, 0.15) is 0 Å². The smallest absolute Gasteiger partial charge is 0.268 e. The molecule has 0 amide bonds. The van der Waals surface area contributed by atoms with E-state index in [1.165, 1.54) is 7.94 Å². The minimum atomic E-state index is -3.82. The molecule has 0 aliphatic heterocycles. The van der Waals surface area contributed by atoms with Gasteiger partial charge in [-0.2, -0.15) is 0 Å². The maximum atomic E-state index is 13.7. The van der Waals surface area contributed by atoms with Crippen molar-refractivity contribution in [2.75, 3.05) is 13.1 Å². The molecular formula is C34H34N4O4S2. The van der Waals surface area contributed by atoms with E-state index in [-0.39, 0.29) is 9.79 Å². The van der Waals surface area contributed by atoms with Crippen LogP contribution in [-0.2, 0) is 33.1 Å². The van der Waals surface area contributed by atoms with Crippen molar-refractivity contribution >= 4 is 41.9 Å². The molecule has 8 nitrogen and oxygen atoms in total. The molecule has 2 aromatic heterocycles. The average molecular weight is 627 g/mol. The number of rotatable bonds is 12. The number of fused-ring (bicyclic) bond motifs is 2. The molecule has 4 aromatic carbocycles. The number of nitrogens with two attached hydrogens (primary N) is 1. The van der Waals surface area contributed by atoms with Crippen molar-refractivity contribution in [3.05, 3.63) is 133 Å². The Morgan fingerprint density at radius 2 is 0.955 bits per heavy atom. The lowest BCUT2D eigenvalue weighted by atomic mass is 10.1. The van der Waals surface area contributed by atoms with Gasteiger partial charge in [-0.15, -0.1) is 0 Å². The van der Waals surface area contributed by atoms with E-state index in [2.05, 4.69) is 4.90 Å². The highest BCUT2D eigenvalue weighted by molar-refractivity contribution is 7.90. The van der Waals surface area contributed by atoms with Crippen molar-refractivity contribution in [3.63, 3.8) is 0 Å². The van der Waals surface area contributed by atoms with Gasteiger partial charge in [-0.25, -0.2) is 24.8 Å². The van der Waals surface area contributed by atoms with Gasteiger partial charge in [0.25, 0.3) is 20.0 Å². The summed E-state index contributed by atoms with van der Waals surface area (Å²) >= 11 is 0. The number of aromatic nitrogens is 2. The Morgan fingerprint density at radius 1 is 0.545 bits per heavy atom. The molecule has 0 saturated carbocycles. The Morgan fingerprint density at radius 3 is 1.39 bits per heavy atom. The first-order chi connectivity index (χ1) is 21.3. The standard InChI is InChI=1S/C34H34N4O4S2/c35-21-11-12-22-36(23-27-25-37(33-19-9-7-17-31(27)33)43(39,40)29-13-3-1-4-14-29)24-28-26-38(34-20-10-8-18-32(28)34)44(41,42)30-15-5-2-6-16-30/h1-10,13-20,25-26H,11-12,21-24,35H2. The van der Waals surface area contributed by atoms with Crippen LogP contribution in [0.15, 0.2) is 131 Å². The lowest BCUT2D eigenvalue weighted by Gasteiger charge is -2.22. The molecule has 2 N–H and O–H groups in total. The second-order valence-corrected chi connectivity index (χ2v) is 14.4. The SMILES string of the molecule is NCCCCN(Cc1cn(S(=O)(=O)c2ccccc2)c2ccccc12)Cc1cn(S(=O)(=O)c2ccccc2)c2ccccc12. The maximum absolute atomic E-state index is 13.7. The lowest BCUT2D eigenvalue weighted by Crippen LogP contribution is -2.24. The van der Waals surface area contributed by atoms with Crippen LogP contribution >= 0.6 is 0 Å². The third kappa shape index (κ3) is 5.69. The van der Waals surface area contributed by atoms with Crippen LogP contribution in [0.5, 0.6) is 0 Å². The zero-order chi connectivity index (χ0) is 30.7. The third-order valence-electron chi connectivity index (χ3n) is 7.84.